The number of sulfonamides is 1. The molecule has 1 aromatic carbocycles. The number of fused-ring (bicyclic) bond motifs is 1. The fourth-order valence-corrected chi connectivity index (χ4v) is 5.69. The summed E-state index contributed by atoms with van der Waals surface area (Å²) in [6.45, 7) is 2.09. The summed E-state index contributed by atoms with van der Waals surface area (Å²) in [4.78, 5) is 14.0. The Bertz CT molecular complexity index is 899. The van der Waals surface area contributed by atoms with E-state index in [4.69, 9.17) is 0 Å². The maximum atomic E-state index is 13.0. The third-order valence-corrected chi connectivity index (χ3v) is 7.82. The molecule has 1 aliphatic heterocycles. The Hall–Kier alpha value is -1.45. The van der Waals surface area contributed by atoms with E-state index in [1.165, 1.54) is 15.9 Å². The number of carbonyl (C=O) groups excluding carboxylic acids is 1. The highest BCUT2D eigenvalue weighted by atomic mass is 35.5. The molecule has 0 radical (unpaired) electrons. The molecule has 2 aromatic rings. The van der Waals surface area contributed by atoms with Gasteiger partial charge in [-0.3, -0.25) is 4.79 Å². The molecule has 9 heteroatoms. The number of carbonyl (C=O) groups is 1. The van der Waals surface area contributed by atoms with Crippen LogP contribution in [0.4, 0.5) is 0 Å². The van der Waals surface area contributed by atoms with Crippen molar-refractivity contribution in [2.24, 2.45) is 0 Å². The van der Waals surface area contributed by atoms with Crippen molar-refractivity contribution in [1.29, 1.82) is 0 Å². The van der Waals surface area contributed by atoms with Gasteiger partial charge in [-0.25, -0.2) is 8.42 Å². The Balaban J connectivity index is 0.00000261. The van der Waals surface area contributed by atoms with E-state index in [9.17, 15) is 13.2 Å². The number of rotatable bonds is 6. The fourth-order valence-electron chi connectivity index (χ4n) is 2.97. The van der Waals surface area contributed by atoms with Gasteiger partial charge in [-0.2, -0.15) is 4.31 Å². The number of hydrogen-bond acceptors (Lipinski definition) is 5. The number of likely N-dealkylation sites (N-methyl/N-ethyl adjacent to an activating group) is 2. The smallest absolute Gasteiger partial charge is 0.254 e. The molecule has 0 saturated carbocycles. The summed E-state index contributed by atoms with van der Waals surface area (Å²) in [5.74, 6) is -0.165. The van der Waals surface area contributed by atoms with Crippen LogP contribution in [0.25, 0.3) is 0 Å². The second-order valence-corrected chi connectivity index (χ2v) is 9.42. The zero-order valence-electron chi connectivity index (χ0n) is 15.3. The molecule has 1 aliphatic rings. The van der Waals surface area contributed by atoms with Gasteiger partial charge in [0.25, 0.3) is 15.9 Å². The quantitative estimate of drug-likeness (QED) is 0.764. The van der Waals surface area contributed by atoms with Crippen LogP contribution < -0.4 is 5.32 Å². The molecular formula is C18H24ClN3O3S2. The van der Waals surface area contributed by atoms with Gasteiger partial charge in [-0.05, 0) is 30.7 Å². The summed E-state index contributed by atoms with van der Waals surface area (Å²) >= 11 is 1.11. The van der Waals surface area contributed by atoms with Crippen LogP contribution in [0.1, 0.15) is 21.5 Å². The lowest BCUT2D eigenvalue weighted by Gasteiger charge is -2.27. The lowest BCUT2D eigenvalue weighted by atomic mass is 10.0. The number of amides is 1. The topological polar surface area (TPSA) is 69.7 Å². The maximum Gasteiger partial charge on any atom is 0.254 e. The summed E-state index contributed by atoms with van der Waals surface area (Å²) in [5.41, 5.74) is 2.67. The lowest BCUT2D eigenvalue weighted by molar-refractivity contribution is 0.0797. The standard InChI is InChI=1S/C18H23N3O3S2.ClH/c1-19-8-10-20(2)18(22)16-11-17(25-13-16)26(23,24)21-9-7-14-5-3-4-6-15(14)12-21;/h3-6,11,13,19H,7-10,12H2,1-2H3;1H. The Morgan fingerprint density at radius 2 is 2.00 bits per heavy atom. The SMILES string of the molecule is CNCCN(C)C(=O)c1csc(S(=O)(=O)N2CCc3ccccc3C2)c1.Cl. The van der Waals surface area contributed by atoms with Crippen LogP contribution in [0.2, 0.25) is 0 Å². The average Bonchev–Trinajstić information content (AvgIpc) is 3.16. The molecule has 0 bridgehead atoms. The lowest BCUT2D eigenvalue weighted by Crippen LogP contribution is -2.35. The number of benzene rings is 1. The molecule has 148 valence electrons. The van der Waals surface area contributed by atoms with Crippen molar-refractivity contribution in [1.82, 2.24) is 14.5 Å². The fraction of sp³-hybridized carbons (Fsp3) is 0.389. The van der Waals surface area contributed by atoms with E-state index in [1.54, 1.807) is 17.3 Å². The van der Waals surface area contributed by atoms with Crippen LogP contribution in [0.3, 0.4) is 0 Å². The minimum Gasteiger partial charge on any atom is -0.340 e. The van der Waals surface area contributed by atoms with Gasteiger partial charge in [0.2, 0.25) is 0 Å². The van der Waals surface area contributed by atoms with Crippen molar-refractivity contribution in [3.63, 3.8) is 0 Å². The number of halogens is 1. The van der Waals surface area contributed by atoms with Crippen molar-refractivity contribution in [3.8, 4) is 0 Å². The molecule has 0 fully saturated rings. The molecule has 3 rings (SSSR count). The predicted octanol–water partition coefficient (Wildman–Crippen LogP) is 2.21. The summed E-state index contributed by atoms with van der Waals surface area (Å²) in [7, 11) is -0.0522. The van der Waals surface area contributed by atoms with Gasteiger partial charge in [0.1, 0.15) is 4.21 Å². The van der Waals surface area contributed by atoms with Gasteiger partial charge in [0, 0.05) is 38.6 Å². The highest BCUT2D eigenvalue weighted by Crippen LogP contribution is 2.28. The average molecular weight is 430 g/mol. The third kappa shape index (κ3) is 4.70. The summed E-state index contributed by atoms with van der Waals surface area (Å²) in [6, 6.07) is 9.42. The van der Waals surface area contributed by atoms with Crippen LogP contribution in [0.5, 0.6) is 0 Å². The number of thiophene rings is 1. The number of nitrogens with zero attached hydrogens (tertiary/aromatic N) is 2. The molecule has 0 atom stereocenters. The van der Waals surface area contributed by atoms with Crippen LogP contribution in [-0.4, -0.2) is 57.3 Å². The number of nitrogens with one attached hydrogen (secondary N) is 1. The van der Waals surface area contributed by atoms with Crippen LogP contribution in [0, 0.1) is 0 Å². The highest BCUT2D eigenvalue weighted by molar-refractivity contribution is 7.91. The van der Waals surface area contributed by atoms with E-state index in [0.29, 0.717) is 38.2 Å². The molecule has 0 aliphatic carbocycles. The maximum absolute atomic E-state index is 13.0. The van der Waals surface area contributed by atoms with Crippen molar-refractivity contribution in [2.75, 3.05) is 33.7 Å². The molecule has 0 unspecified atom stereocenters. The van der Waals surface area contributed by atoms with Gasteiger partial charge in [0.05, 0.1) is 5.56 Å². The van der Waals surface area contributed by atoms with Gasteiger partial charge in [-0.15, -0.1) is 23.7 Å². The van der Waals surface area contributed by atoms with Gasteiger partial charge < -0.3 is 10.2 Å². The Morgan fingerprint density at radius 1 is 1.30 bits per heavy atom. The molecule has 27 heavy (non-hydrogen) atoms. The van der Waals surface area contributed by atoms with E-state index in [2.05, 4.69) is 5.32 Å². The Morgan fingerprint density at radius 3 is 2.70 bits per heavy atom. The summed E-state index contributed by atoms with van der Waals surface area (Å²) < 4.78 is 27.7. The monoisotopic (exact) mass is 429 g/mol. The van der Waals surface area contributed by atoms with E-state index in [1.807, 2.05) is 31.3 Å². The number of hydrogen-bond donors (Lipinski definition) is 1. The second-order valence-electron chi connectivity index (χ2n) is 6.34. The zero-order chi connectivity index (χ0) is 18.7. The zero-order valence-corrected chi connectivity index (χ0v) is 17.8. The van der Waals surface area contributed by atoms with Gasteiger partial charge >= 0.3 is 0 Å². The largest absolute Gasteiger partial charge is 0.340 e. The molecule has 0 saturated heterocycles. The normalized spacial score (nSPS) is 14.3. The van der Waals surface area contributed by atoms with Crippen molar-refractivity contribution < 1.29 is 13.2 Å². The molecule has 0 spiro atoms. The van der Waals surface area contributed by atoms with E-state index in [-0.39, 0.29) is 22.5 Å². The van der Waals surface area contributed by atoms with Crippen molar-refractivity contribution >= 4 is 39.7 Å². The van der Waals surface area contributed by atoms with Crippen LogP contribution >= 0.6 is 23.7 Å². The van der Waals surface area contributed by atoms with Gasteiger partial charge in [0.15, 0.2) is 0 Å². The minimum atomic E-state index is -3.59. The summed E-state index contributed by atoms with van der Waals surface area (Å²) in [6.07, 6.45) is 0.708. The molecule has 6 nitrogen and oxygen atoms in total. The summed E-state index contributed by atoms with van der Waals surface area (Å²) in [5, 5.41) is 4.62. The minimum absolute atomic E-state index is 0. The third-order valence-electron chi connectivity index (χ3n) is 4.56. The predicted molar refractivity (Wildman–Crippen MR) is 110 cm³/mol. The molecular weight excluding hydrogens is 406 g/mol. The Kier molecular flexibility index (Phi) is 7.41. The van der Waals surface area contributed by atoms with Crippen molar-refractivity contribution in [2.45, 2.75) is 17.2 Å². The first-order valence-electron chi connectivity index (χ1n) is 8.49. The van der Waals surface area contributed by atoms with Crippen LogP contribution in [-0.2, 0) is 23.0 Å². The highest BCUT2D eigenvalue weighted by Gasteiger charge is 2.30. The van der Waals surface area contributed by atoms with Gasteiger partial charge in [-0.1, -0.05) is 24.3 Å². The first-order valence-corrected chi connectivity index (χ1v) is 10.8. The first-order chi connectivity index (χ1) is 12.4. The molecule has 1 aromatic heterocycles. The Labute approximate surface area is 170 Å². The van der Waals surface area contributed by atoms with E-state index in [0.717, 1.165) is 16.9 Å². The molecule has 1 N–H and O–H groups in total. The molecule has 1 amide bonds. The van der Waals surface area contributed by atoms with Crippen molar-refractivity contribution in [3.05, 3.63) is 52.4 Å². The molecule has 2 heterocycles. The van der Waals surface area contributed by atoms with Crippen LogP contribution in [0.15, 0.2) is 39.9 Å². The first kappa shape index (κ1) is 21.8. The van der Waals surface area contributed by atoms with E-state index >= 15 is 0 Å². The second kappa shape index (κ2) is 9.16. The van der Waals surface area contributed by atoms with E-state index < -0.39 is 10.0 Å².